The molecule has 0 bridgehead atoms. The number of hydrogen-bond donors (Lipinski definition) is 0. The number of aromatic nitrogens is 2. The van der Waals surface area contributed by atoms with Gasteiger partial charge in [-0.15, -0.1) is 0 Å². The fourth-order valence-electron chi connectivity index (χ4n) is 3.98. The van der Waals surface area contributed by atoms with Crippen LogP contribution in [0.1, 0.15) is 12.8 Å². The molecule has 1 aromatic heterocycles. The minimum absolute atomic E-state index is 0.0593. The van der Waals surface area contributed by atoms with Crippen LogP contribution in [0.25, 0.3) is 0 Å². The summed E-state index contributed by atoms with van der Waals surface area (Å²) in [5.41, 5.74) is 0.779. The lowest BCUT2D eigenvalue weighted by Crippen LogP contribution is -2.48. The van der Waals surface area contributed by atoms with Gasteiger partial charge in [0.2, 0.25) is 5.91 Å². The average molecular weight is 459 g/mol. The van der Waals surface area contributed by atoms with Gasteiger partial charge < -0.3 is 19.4 Å². The summed E-state index contributed by atoms with van der Waals surface area (Å²) in [5.74, 6) is 1.04. The van der Waals surface area contributed by atoms with Crippen LogP contribution in [0.3, 0.4) is 0 Å². The van der Waals surface area contributed by atoms with E-state index in [1.165, 1.54) is 0 Å². The summed E-state index contributed by atoms with van der Waals surface area (Å²) in [6.07, 6.45) is 4.72. The summed E-state index contributed by atoms with van der Waals surface area (Å²) < 4.78 is 6.10. The maximum absolute atomic E-state index is 13.0. The van der Waals surface area contributed by atoms with Crippen molar-refractivity contribution in [3.05, 3.63) is 41.7 Å². The normalized spacial score (nSPS) is 18.8. The molecule has 1 atom stereocenters. The lowest BCUT2D eigenvalue weighted by Gasteiger charge is -2.34. The Morgan fingerprint density at radius 3 is 2.66 bits per heavy atom. The van der Waals surface area contributed by atoms with Crippen LogP contribution in [0, 0.1) is 0 Å². The molecule has 0 spiro atoms. The predicted molar refractivity (Wildman–Crippen MR) is 122 cm³/mol. The highest BCUT2D eigenvalue weighted by molar-refractivity contribution is 6.30. The molecule has 9 nitrogen and oxygen atoms in total. The van der Waals surface area contributed by atoms with E-state index >= 15 is 0 Å². The molecule has 0 radical (unpaired) electrons. The van der Waals surface area contributed by atoms with E-state index in [-0.39, 0.29) is 24.6 Å². The van der Waals surface area contributed by atoms with Gasteiger partial charge in [0.1, 0.15) is 12.6 Å². The van der Waals surface area contributed by atoms with E-state index in [1.807, 2.05) is 31.1 Å². The minimum atomic E-state index is -0.166. The molecule has 0 saturated carbocycles. The largest absolute Gasteiger partial charge is 0.470 e. The Bertz CT molecular complexity index is 970. The van der Waals surface area contributed by atoms with E-state index in [4.69, 9.17) is 16.3 Å². The fraction of sp³-hybridized carbons (Fsp3) is 0.455. The highest BCUT2D eigenvalue weighted by atomic mass is 35.5. The molecular weight excluding hydrogens is 432 g/mol. The van der Waals surface area contributed by atoms with Crippen LogP contribution in [0.15, 0.2) is 36.7 Å². The van der Waals surface area contributed by atoms with Crippen molar-refractivity contribution in [3.8, 4) is 5.88 Å². The standard InChI is InChI=1S/C22H27ClN6O3/c1-26(2)20-21(25-10-9-24-20)32-18-4-3-11-27(14-18)19(30)15-28-12-13-29(22(28)31)17-7-5-16(23)6-8-17/h5-10,18H,3-4,11-15H2,1-2H3. The summed E-state index contributed by atoms with van der Waals surface area (Å²) in [4.78, 5) is 41.3. The lowest BCUT2D eigenvalue weighted by molar-refractivity contribution is -0.134. The Hall–Kier alpha value is -3.07. The van der Waals surface area contributed by atoms with Crippen LogP contribution >= 0.6 is 11.6 Å². The topological polar surface area (TPSA) is 82.1 Å². The van der Waals surface area contributed by atoms with Crippen LogP contribution in [0.4, 0.5) is 16.3 Å². The summed E-state index contributed by atoms with van der Waals surface area (Å²) in [6.45, 7) is 2.23. The second kappa shape index (κ2) is 9.60. The Balaban J connectivity index is 1.35. The van der Waals surface area contributed by atoms with Crippen LogP contribution in [0.2, 0.25) is 5.02 Å². The number of anilines is 2. The van der Waals surface area contributed by atoms with E-state index < -0.39 is 0 Å². The first-order valence-corrected chi connectivity index (χ1v) is 11.0. The number of halogens is 1. The van der Waals surface area contributed by atoms with Crippen molar-refractivity contribution in [3.63, 3.8) is 0 Å². The number of rotatable bonds is 6. The number of piperidine rings is 1. The fourth-order valence-corrected chi connectivity index (χ4v) is 4.11. The molecule has 4 rings (SSSR count). The van der Waals surface area contributed by atoms with Gasteiger partial charge in [-0.2, -0.15) is 0 Å². The first-order valence-electron chi connectivity index (χ1n) is 10.7. The number of likely N-dealkylation sites (tertiary alicyclic amines) is 1. The van der Waals surface area contributed by atoms with Gasteiger partial charge in [0.05, 0.1) is 6.54 Å². The summed E-state index contributed by atoms with van der Waals surface area (Å²) in [7, 11) is 3.77. The molecule has 170 valence electrons. The highest BCUT2D eigenvalue weighted by Crippen LogP contribution is 2.25. The number of amides is 3. The van der Waals surface area contributed by atoms with Crippen LogP contribution in [0.5, 0.6) is 5.88 Å². The van der Waals surface area contributed by atoms with Gasteiger partial charge in [-0.05, 0) is 37.1 Å². The minimum Gasteiger partial charge on any atom is -0.470 e. The second-order valence-electron chi connectivity index (χ2n) is 8.13. The number of carbonyl (C=O) groups excluding carboxylic acids is 2. The van der Waals surface area contributed by atoms with Crippen molar-refractivity contribution >= 4 is 35.0 Å². The van der Waals surface area contributed by atoms with Crippen molar-refractivity contribution in [2.24, 2.45) is 0 Å². The molecule has 1 unspecified atom stereocenters. The monoisotopic (exact) mass is 458 g/mol. The van der Waals surface area contributed by atoms with E-state index in [0.29, 0.717) is 42.9 Å². The zero-order valence-corrected chi connectivity index (χ0v) is 19.0. The van der Waals surface area contributed by atoms with Crippen molar-refractivity contribution in [2.75, 3.05) is 56.6 Å². The third-order valence-corrected chi connectivity index (χ3v) is 5.89. The molecule has 2 saturated heterocycles. The van der Waals surface area contributed by atoms with Gasteiger partial charge in [0, 0.05) is 56.8 Å². The quantitative estimate of drug-likeness (QED) is 0.661. The Morgan fingerprint density at radius 1 is 1.16 bits per heavy atom. The van der Waals surface area contributed by atoms with Crippen LogP contribution < -0.4 is 14.5 Å². The van der Waals surface area contributed by atoms with E-state index in [2.05, 4.69) is 9.97 Å². The third-order valence-electron chi connectivity index (χ3n) is 5.64. The average Bonchev–Trinajstić information content (AvgIpc) is 3.14. The Labute approximate surface area is 192 Å². The van der Waals surface area contributed by atoms with Gasteiger partial charge in [-0.3, -0.25) is 9.69 Å². The van der Waals surface area contributed by atoms with Crippen LogP contribution in [-0.4, -0.2) is 84.6 Å². The zero-order chi connectivity index (χ0) is 22.7. The molecule has 32 heavy (non-hydrogen) atoms. The number of benzene rings is 1. The van der Waals surface area contributed by atoms with Crippen molar-refractivity contribution < 1.29 is 14.3 Å². The molecular formula is C22H27ClN6O3. The Morgan fingerprint density at radius 2 is 1.91 bits per heavy atom. The molecule has 0 aliphatic carbocycles. The maximum Gasteiger partial charge on any atom is 0.325 e. The van der Waals surface area contributed by atoms with Gasteiger partial charge in [0.15, 0.2) is 5.82 Å². The molecule has 1 aromatic carbocycles. The van der Waals surface area contributed by atoms with Crippen LogP contribution in [-0.2, 0) is 4.79 Å². The first-order chi connectivity index (χ1) is 15.4. The maximum atomic E-state index is 13.0. The number of nitrogens with zero attached hydrogens (tertiary/aromatic N) is 6. The van der Waals surface area contributed by atoms with Gasteiger partial charge in [-0.1, -0.05) is 11.6 Å². The predicted octanol–water partition coefficient (Wildman–Crippen LogP) is 2.51. The highest BCUT2D eigenvalue weighted by Gasteiger charge is 2.33. The van der Waals surface area contributed by atoms with Crippen molar-refractivity contribution in [2.45, 2.75) is 18.9 Å². The zero-order valence-electron chi connectivity index (χ0n) is 18.3. The molecule has 10 heteroatoms. The van der Waals surface area contributed by atoms with E-state index in [0.717, 1.165) is 18.5 Å². The molecule has 3 amide bonds. The third kappa shape index (κ3) is 4.88. The molecule has 2 aromatic rings. The van der Waals surface area contributed by atoms with Crippen molar-refractivity contribution in [1.82, 2.24) is 19.8 Å². The van der Waals surface area contributed by atoms with Gasteiger partial charge in [0.25, 0.3) is 5.88 Å². The number of ether oxygens (including phenoxy) is 1. The number of carbonyl (C=O) groups is 2. The SMILES string of the molecule is CN(C)c1nccnc1OC1CCCN(C(=O)CN2CCN(c3ccc(Cl)cc3)C2=O)C1. The first kappa shape index (κ1) is 22.1. The molecule has 2 aliphatic rings. The number of hydrogen-bond acceptors (Lipinski definition) is 6. The summed E-state index contributed by atoms with van der Waals surface area (Å²) in [5, 5.41) is 0.619. The molecule has 3 heterocycles. The number of urea groups is 1. The van der Waals surface area contributed by atoms with Gasteiger partial charge >= 0.3 is 6.03 Å². The molecule has 2 aliphatic heterocycles. The lowest BCUT2D eigenvalue weighted by atomic mass is 10.1. The molecule has 0 N–H and O–H groups in total. The summed E-state index contributed by atoms with van der Waals surface area (Å²) in [6, 6.07) is 6.97. The van der Waals surface area contributed by atoms with E-state index in [1.54, 1.807) is 39.2 Å². The van der Waals surface area contributed by atoms with Gasteiger partial charge in [-0.25, -0.2) is 14.8 Å². The molecule has 2 fully saturated rings. The smallest absolute Gasteiger partial charge is 0.325 e. The summed E-state index contributed by atoms with van der Waals surface area (Å²) >= 11 is 5.94. The Kier molecular flexibility index (Phi) is 6.64. The van der Waals surface area contributed by atoms with Crippen molar-refractivity contribution in [1.29, 1.82) is 0 Å². The second-order valence-corrected chi connectivity index (χ2v) is 8.57. The van der Waals surface area contributed by atoms with E-state index in [9.17, 15) is 9.59 Å².